The molecule has 1 aromatic carbocycles. The molecule has 0 radical (unpaired) electrons. The van der Waals surface area contributed by atoms with Gasteiger partial charge in [0.2, 0.25) is 0 Å². The molecule has 88 valence electrons. The van der Waals surface area contributed by atoms with Crippen molar-refractivity contribution < 1.29 is 5.11 Å². The number of nitrogens with two attached hydrogens (primary N) is 1. The first kappa shape index (κ1) is 10.4. The van der Waals surface area contributed by atoms with E-state index in [9.17, 15) is 5.11 Å². The summed E-state index contributed by atoms with van der Waals surface area (Å²) in [7, 11) is 1.87. The minimum Gasteiger partial charge on any atom is -0.507 e. The van der Waals surface area contributed by atoms with Gasteiger partial charge in [-0.1, -0.05) is 12.1 Å². The van der Waals surface area contributed by atoms with Crippen LogP contribution in [0.25, 0.3) is 11.3 Å². The van der Waals surface area contributed by atoms with Crippen LogP contribution in [-0.2, 0) is 12.6 Å². The fourth-order valence-corrected chi connectivity index (χ4v) is 2.04. The number of hydrogen-bond donors (Lipinski definition) is 2. The van der Waals surface area contributed by atoms with Gasteiger partial charge in [-0.25, -0.2) is 0 Å². The maximum absolute atomic E-state index is 9.84. The van der Waals surface area contributed by atoms with E-state index in [4.69, 9.17) is 5.73 Å². The lowest BCUT2D eigenvalue weighted by molar-refractivity contribution is 0.476. The topological polar surface area (TPSA) is 64.1 Å². The predicted molar refractivity (Wildman–Crippen MR) is 65.4 cm³/mol. The van der Waals surface area contributed by atoms with E-state index in [1.54, 1.807) is 16.8 Å². The summed E-state index contributed by atoms with van der Waals surface area (Å²) in [6.07, 6.45) is 1.98. The number of para-hydroxylation sites is 1. The minimum absolute atomic E-state index is 0.236. The van der Waals surface area contributed by atoms with Gasteiger partial charge in [-0.2, -0.15) is 5.10 Å². The number of rotatable bonds is 2. The van der Waals surface area contributed by atoms with Crippen LogP contribution in [0.2, 0.25) is 0 Å². The van der Waals surface area contributed by atoms with Gasteiger partial charge in [-0.3, -0.25) is 4.68 Å². The molecule has 0 amide bonds. The normalized spacial score (nSPS) is 17.1. The molecule has 1 aliphatic rings. The summed E-state index contributed by atoms with van der Waals surface area (Å²) in [6, 6.07) is 9.24. The lowest BCUT2D eigenvalue weighted by atomic mass is 10.1. The summed E-state index contributed by atoms with van der Waals surface area (Å²) in [4.78, 5) is 0. The van der Waals surface area contributed by atoms with E-state index in [0.29, 0.717) is 0 Å². The number of aromatic hydroxyl groups is 1. The lowest BCUT2D eigenvalue weighted by Crippen LogP contribution is -2.19. The predicted octanol–water partition coefficient (Wildman–Crippen LogP) is 1.74. The van der Waals surface area contributed by atoms with Gasteiger partial charge >= 0.3 is 0 Å². The highest BCUT2D eigenvalue weighted by atomic mass is 16.3. The summed E-state index contributed by atoms with van der Waals surface area (Å²) in [5, 5.41) is 14.3. The van der Waals surface area contributed by atoms with Gasteiger partial charge in [0.25, 0.3) is 0 Å². The molecular weight excluding hydrogens is 214 g/mol. The van der Waals surface area contributed by atoms with Crippen molar-refractivity contribution in [2.45, 2.75) is 18.4 Å². The Morgan fingerprint density at radius 3 is 2.71 bits per heavy atom. The van der Waals surface area contributed by atoms with E-state index in [2.05, 4.69) is 5.10 Å². The number of hydrogen-bond acceptors (Lipinski definition) is 3. The zero-order chi connectivity index (χ0) is 12.0. The van der Waals surface area contributed by atoms with E-state index in [1.807, 2.05) is 25.2 Å². The van der Waals surface area contributed by atoms with Crippen molar-refractivity contribution >= 4 is 0 Å². The van der Waals surface area contributed by atoms with Gasteiger partial charge in [0.15, 0.2) is 0 Å². The summed E-state index contributed by atoms with van der Waals surface area (Å²) in [5.41, 5.74) is 8.50. The molecule has 1 heterocycles. The summed E-state index contributed by atoms with van der Waals surface area (Å²) >= 11 is 0. The van der Waals surface area contributed by atoms with Gasteiger partial charge < -0.3 is 10.8 Å². The fourth-order valence-electron chi connectivity index (χ4n) is 2.04. The van der Waals surface area contributed by atoms with E-state index in [-0.39, 0.29) is 11.3 Å². The Bertz CT molecular complexity index is 570. The van der Waals surface area contributed by atoms with E-state index >= 15 is 0 Å². The molecule has 0 bridgehead atoms. The Balaban J connectivity index is 2.10. The van der Waals surface area contributed by atoms with E-state index < -0.39 is 0 Å². The monoisotopic (exact) mass is 229 g/mol. The minimum atomic E-state index is -0.236. The third kappa shape index (κ3) is 1.61. The van der Waals surface area contributed by atoms with Crippen LogP contribution in [0.3, 0.4) is 0 Å². The quantitative estimate of drug-likeness (QED) is 0.824. The zero-order valence-corrected chi connectivity index (χ0v) is 9.72. The van der Waals surface area contributed by atoms with Crippen molar-refractivity contribution in [1.82, 2.24) is 9.78 Å². The highest BCUT2D eigenvalue weighted by molar-refractivity contribution is 5.67. The van der Waals surface area contributed by atoms with Crippen LogP contribution >= 0.6 is 0 Å². The molecule has 0 spiro atoms. The molecular formula is C13H15N3O. The molecule has 3 N–H and O–H groups in total. The molecule has 0 saturated heterocycles. The van der Waals surface area contributed by atoms with E-state index in [0.717, 1.165) is 29.8 Å². The average Bonchev–Trinajstić information content (AvgIpc) is 2.93. The Hall–Kier alpha value is -1.81. The molecule has 4 heteroatoms. The molecule has 1 aliphatic carbocycles. The lowest BCUT2D eigenvalue weighted by Gasteiger charge is -2.03. The highest BCUT2D eigenvalue weighted by Crippen LogP contribution is 2.43. The summed E-state index contributed by atoms with van der Waals surface area (Å²) in [6.45, 7) is 0. The van der Waals surface area contributed by atoms with Crippen LogP contribution in [0.5, 0.6) is 5.75 Å². The van der Waals surface area contributed by atoms with Crippen LogP contribution < -0.4 is 5.73 Å². The molecule has 0 atom stereocenters. The second-order valence-corrected chi connectivity index (χ2v) is 4.71. The number of phenolic OH excluding ortho intramolecular Hbond substituents is 1. The molecule has 1 saturated carbocycles. The summed E-state index contributed by atoms with van der Waals surface area (Å²) < 4.78 is 1.78. The molecule has 0 unspecified atom stereocenters. The van der Waals surface area contributed by atoms with Gasteiger partial charge in [0.05, 0.1) is 16.9 Å². The van der Waals surface area contributed by atoms with Crippen molar-refractivity contribution in [1.29, 1.82) is 0 Å². The van der Waals surface area contributed by atoms with Gasteiger partial charge in [0, 0.05) is 12.6 Å². The average molecular weight is 229 g/mol. The Morgan fingerprint density at radius 1 is 1.35 bits per heavy atom. The number of benzene rings is 1. The molecule has 1 fully saturated rings. The smallest absolute Gasteiger partial charge is 0.124 e. The Kier molecular flexibility index (Phi) is 2.03. The van der Waals surface area contributed by atoms with Crippen LogP contribution in [0, 0.1) is 0 Å². The first-order valence-corrected chi connectivity index (χ1v) is 5.72. The first-order valence-electron chi connectivity index (χ1n) is 5.72. The van der Waals surface area contributed by atoms with Crippen molar-refractivity contribution in [3.05, 3.63) is 36.0 Å². The number of nitrogens with zero attached hydrogens (tertiary/aromatic N) is 2. The standard InChI is InChI=1S/C13H15N3O/c1-16-10(9-4-2-3-5-11(9)17)8-12(15-16)13(14)6-7-13/h2-5,8,17H,6-7,14H2,1H3. The number of aromatic nitrogens is 2. The molecule has 4 nitrogen and oxygen atoms in total. The van der Waals surface area contributed by atoms with Gasteiger partial charge in [-0.15, -0.1) is 0 Å². The van der Waals surface area contributed by atoms with Crippen molar-refractivity contribution in [2.75, 3.05) is 0 Å². The maximum Gasteiger partial charge on any atom is 0.124 e. The largest absolute Gasteiger partial charge is 0.507 e. The van der Waals surface area contributed by atoms with Crippen molar-refractivity contribution in [3.8, 4) is 17.0 Å². The maximum atomic E-state index is 9.84. The third-order valence-corrected chi connectivity index (χ3v) is 3.36. The van der Waals surface area contributed by atoms with Crippen LogP contribution in [0.1, 0.15) is 18.5 Å². The molecule has 3 rings (SSSR count). The molecule has 2 aromatic rings. The van der Waals surface area contributed by atoms with Crippen molar-refractivity contribution in [2.24, 2.45) is 12.8 Å². The molecule has 1 aromatic heterocycles. The Labute approximate surface area is 99.7 Å². The zero-order valence-electron chi connectivity index (χ0n) is 9.72. The summed E-state index contributed by atoms with van der Waals surface area (Å²) in [5.74, 6) is 0.268. The van der Waals surface area contributed by atoms with Gasteiger partial charge in [-0.05, 0) is 31.0 Å². The second-order valence-electron chi connectivity index (χ2n) is 4.71. The van der Waals surface area contributed by atoms with Crippen molar-refractivity contribution in [3.63, 3.8) is 0 Å². The SMILES string of the molecule is Cn1nc(C2(N)CC2)cc1-c1ccccc1O. The Morgan fingerprint density at radius 2 is 2.06 bits per heavy atom. The number of phenols is 1. The second kappa shape index (κ2) is 3.34. The molecule has 17 heavy (non-hydrogen) atoms. The highest BCUT2D eigenvalue weighted by Gasteiger charge is 2.42. The van der Waals surface area contributed by atoms with Crippen LogP contribution in [-0.4, -0.2) is 14.9 Å². The molecule has 0 aliphatic heterocycles. The van der Waals surface area contributed by atoms with Crippen LogP contribution in [0.15, 0.2) is 30.3 Å². The fraction of sp³-hybridized carbons (Fsp3) is 0.308. The van der Waals surface area contributed by atoms with Crippen LogP contribution in [0.4, 0.5) is 0 Å². The number of aryl methyl sites for hydroxylation is 1. The van der Waals surface area contributed by atoms with Gasteiger partial charge in [0.1, 0.15) is 5.75 Å². The first-order chi connectivity index (χ1) is 8.10. The third-order valence-electron chi connectivity index (χ3n) is 3.36. The van der Waals surface area contributed by atoms with E-state index in [1.165, 1.54) is 0 Å².